The summed E-state index contributed by atoms with van der Waals surface area (Å²) >= 11 is 0. The first-order chi connectivity index (χ1) is 14.0. The number of hydrogen-bond donors (Lipinski definition) is 0. The number of likely N-dealkylation sites (tertiary alicyclic amines) is 1. The molecule has 6 nitrogen and oxygen atoms in total. The maximum Gasteiger partial charge on any atom is 0.311 e. The second kappa shape index (κ2) is 6.99. The standard InChI is InChI=1S/C22H22N2O4S/c25-22(28-19-12-11-15-6-1-2-8-17(15)19)16-7-5-13-24(14-16)21-18-9-3-4-10-20(18)29(26,27)23-21/h1-4,6,8-10,16,19H,5,7,11-14H2/t16-,19+/m1/s1. The molecule has 0 saturated carbocycles. The van der Waals surface area contributed by atoms with Crippen LogP contribution in [0.5, 0.6) is 0 Å². The Bertz CT molecular complexity index is 1110. The first-order valence-electron chi connectivity index (χ1n) is 10.0. The van der Waals surface area contributed by atoms with Crippen molar-refractivity contribution in [2.24, 2.45) is 10.3 Å². The topological polar surface area (TPSA) is 76.0 Å². The normalized spacial score (nSPS) is 24.6. The van der Waals surface area contributed by atoms with E-state index in [-0.39, 0.29) is 22.9 Å². The number of aryl methyl sites for hydroxylation is 1. The Morgan fingerprint density at radius 2 is 1.86 bits per heavy atom. The van der Waals surface area contributed by atoms with Crippen molar-refractivity contribution >= 4 is 21.8 Å². The molecular weight excluding hydrogens is 388 g/mol. The monoisotopic (exact) mass is 410 g/mol. The van der Waals surface area contributed by atoms with Crippen LogP contribution in [0, 0.1) is 5.92 Å². The molecule has 0 spiro atoms. The zero-order valence-corrected chi connectivity index (χ0v) is 16.8. The number of hydrogen-bond acceptors (Lipinski definition) is 5. The van der Waals surface area contributed by atoms with E-state index in [0.29, 0.717) is 24.5 Å². The van der Waals surface area contributed by atoms with Gasteiger partial charge in [-0.05, 0) is 48.9 Å². The van der Waals surface area contributed by atoms with Gasteiger partial charge in [0.1, 0.15) is 11.0 Å². The van der Waals surface area contributed by atoms with Crippen LogP contribution in [0.15, 0.2) is 57.8 Å². The van der Waals surface area contributed by atoms with Crippen LogP contribution in [0.3, 0.4) is 0 Å². The average molecular weight is 410 g/mol. The van der Waals surface area contributed by atoms with E-state index in [1.165, 1.54) is 5.56 Å². The lowest BCUT2D eigenvalue weighted by molar-refractivity contribution is -0.155. The Kier molecular flexibility index (Phi) is 4.42. The van der Waals surface area contributed by atoms with E-state index < -0.39 is 10.0 Å². The number of rotatable bonds is 2. The van der Waals surface area contributed by atoms with Gasteiger partial charge in [0.2, 0.25) is 0 Å². The summed E-state index contributed by atoms with van der Waals surface area (Å²) in [6.45, 7) is 1.11. The number of carbonyl (C=O) groups is 1. The molecule has 2 aromatic rings. The van der Waals surface area contributed by atoms with Gasteiger partial charge in [-0.2, -0.15) is 8.42 Å². The molecule has 0 unspecified atom stereocenters. The highest BCUT2D eigenvalue weighted by molar-refractivity contribution is 7.90. The van der Waals surface area contributed by atoms with E-state index in [4.69, 9.17) is 4.74 Å². The van der Waals surface area contributed by atoms with E-state index in [9.17, 15) is 13.2 Å². The summed E-state index contributed by atoms with van der Waals surface area (Å²) in [7, 11) is -3.66. The summed E-state index contributed by atoms with van der Waals surface area (Å²) in [6.07, 6.45) is 3.10. The van der Waals surface area contributed by atoms with Crippen LogP contribution < -0.4 is 0 Å². The second-order valence-corrected chi connectivity index (χ2v) is 9.41. The number of sulfonamides is 1. The van der Waals surface area contributed by atoms with Gasteiger partial charge in [0.15, 0.2) is 5.84 Å². The lowest BCUT2D eigenvalue weighted by Gasteiger charge is -2.33. The smallest absolute Gasteiger partial charge is 0.311 e. The lowest BCUT2D eigenvalue weighted by atomic mass is 9.97. The lowest BCUT2D eigenvalue weighted by Crippen LogP contribution is -2.43. The summed E-state index contributed by atoms with van der Waals surface area (Å²) in [5.74, 6) is -0.0369. The van der Waals surface area contributed by atoms with E-state index >= 15 is 0 Å². The zero-order chi connectivity index (χ0) is 20.0. The fraction of sp³-hybridized carbons (Fsp3) is 0.364. The average Bonchev–Trinajstić information content (AvgIpc) is 3.27. The molecule has 3 aliphatic rings. The van der Waals surface area contributed by atoms with Crippen molar-refractivity contribution in [2.45, 2.75) is 36.7 Å². The first kappa shape index (κ1) is 18.4. The Balaban J connectivity index is 1.32. The molecule has 0 radical (unpaired) electrons. The molecule has 0 aromatic heterocycles. The van der Waals surface area contributed by atoms with Gasteiger partial charge >= 0.3 is 5.97 Å². The number of amidine groups is 1. The molecule has 1 saturated heterocycles. The number of fused-ring (bicyclic) bond motifs is 2. The third-order valence-electron chi connectivity index (χ3n) is 6.00. The minimum Gasteiger partial charge on any atom is -0.457 e. The van der Waals surface area contributed by atoms with E-state index in [1.807, 2.05) is 29.2 Å². The Morgan fingerprint density at radius 3 is 2.76 bits per heavy atom. The molecule has 7 heteroatoms. The Labute approximate surface area is 170 Å². The van der Waals surface area contributed by atoms with Gasteiger partial charge in [0.25, 0.3) is 10.0 Å². The number of piperidine rings is 1. The molecule has 29 heavy (non-hydrogen) atoms. The molecule has 0 N–H and O–H groups in total. The van der Waals surface area contributed by atoms with Crippen LogP contribution >= 0.6 is 0 Å². The van der Waals surface area contributed by atoms with Crippen molar-refractivity contribution in [3.8, 4) is 0 Å². The van der Waals surface area contributed by atoms with Crippen molar-refractivity contribution < 1.29 is 17.9 Å². The van der Waals surface area contributed by atoms with Crippen molar-refractivity contribution in [2.75, 3.05) is 13.1 Å². The molecule has 2 heterocycles. The van der Waals surface area contributed by atoms with Gasteiger partial charge in [0, 0.05) is 18.7 Å². The van der Waals surface area contributed by atoms with Gasteiger partial charge in [0.05, 0.1) is 5.92 Å². The summed E-state index contributed by atoms with van der Waals surface area (Å²) in [5, 5.41) is 0. The third kappa shape index (κ3) is 3.23. The van der Waals surface area contributed by atoms with Gasteiger partial charge in [-0.15, -0.1) is 4.40 Å². The molecule has 2 aromatic carbocycles. The predicted octanol–water partition coefficient (Wildman–Crippen LogP) is 3.08. The highest BCUT2D eigenvalue weighted by Crippen LogP contribution is 2.35. The number of benzene rings is 2. The molecule has 2 atom stereocenters. The Morgan fingerprint density at radius 1 is 1.07 bits per heavy atom. The molecule has 150 valence electrons. The number of nitrogens with zero attached hydrogens (tertiary/aromatic N) is 2. The third-order valence-corrected chi connectivity index (χ3v) is 7.33. The summed E-state index contributed by atoms with van der Waals surface area (Å²) in [5.41, 5.74) is 2.97. The highest BCUT2D eigenvalue weighted by Gasteiger charge is 2.36. The van der Waals surface area contributed by atoms with Crippen LogP contribution in [-0.4, -0.2) is 38.2 Å². The van der Waals surface area contributed by atoms with Crippen molar-refractivity contribution in [3.63, 3.8) is 0 Å². The summed E-state index contributed by atoms with van der Waals surface area (Å²) < 4.78 is 34.6. The van der Waals surface area contributed by atoms with E-state index in [1.54, 1.807) is 18.2 Å². The van der Waals surface area contributed by atoms with Crippen LogP contribution in [0.2, 0.25) is 0 Å². The molecule has 1 aliphatic carbocycles. The van der Waals surface area contributed by atoms with Crippen molar-refractivity contribution in [1.82, 2.24) is 4.90 Å². The molecule has 0 amide bonds. The number of carbonyl (C=O) groups excluding carboxylic acids is 1. The van der Waals surface area contributed by atoms with Crippen LogP contribution in [0.25, 0.3) is 0 Å². The maximum atomic E-state index is 12.9. The minimum absolute atomic E-state index is 0.181. The van der Waals surface area contributed by atoms with Gasteiger partial charge in [-0.25, -0.2) is 0 Å². The fourth-order valence-electron chi connectivity index (χ4n) is 4.56. The van der Waals surface area contributed by atoms with Crippen LogP contribution in [-0.2, 0) is 26.0 Å². The molecule has 0 bridgehead atoms. The minimum atomic E-state index is -3.66. The fourth-order valence-corrected chi connectivity index (χ4v) is 5.78. The first-order valence-corrected chi connectivity index (χ1v) is 11.4. The quantitative estimate of drug-likeness (QED) is 0.711. The van der Waals surface area contributed by atoms with Crippen LogP contribution in [0.4, 0.5) is 0 Å². The maximum absolute atomic E-state index is 12.9. The van der Waals surface area contributed by atoms with Crippen molar-refractivity contribution in [1.29, 1.82) is 0 Å². The largest absolute Gasteiger partial charge is 0.457 e. The van der Waals surface area contributed by atoms with Crippen LogP contribution in [0.1, 0.15) is 42.1 Å². The molecule has 2 aliphatic heterocycles. The van der Waals surface area contributed by atoms with Crippen molar-refractivity contribution in [3.05, 3.63) is 65.2 Å². The molecule has 5 rings (SSSR count). The summed E-state index contributed by atoms with van der Waals surface area (Å²) in [6, 6.07) is 15.0. The molecular formula is C22H22N2O4S. The SMILES string of the molecule is O=C(O[C@H]1CCc2ccccc21)[C@@H]1CCCN(C2=NS(=O)(=O)c3ccccc32)C1. The van der Waals surface area contributed by atoms with Gasteiger partial charge in [-0.1, -0.05) is 36.4 Å². The summed E-state index contributed by atoms with van der Waals surface area (Å²) in [4.78, 5) is 15.0. The Hall–Kier alpha value is -2.67. The second-order valence-electron chi connectivity index (χ2n) is 7.83. The van der Waals surface area contributed by atoms with E-state index in [0.717, 1.165) is 31.2 Å². The zero-order valence-electron chi connectivity index (χ0n) is 16.0. The van der Waals surface area contributed by atoms with Gasteiger partial charge < -0.3 is 9.64 Å². The van der Waals surface area contributed by atoms with Gasteiger partial charge in [-0.3, -0.25) is 4.79 Å². The number of esters is 1. The molecule has 1 fully saturated rings. The van der Waals surface area contributed by atoms with E-state index in [2.05, 4.69) is 10.5 Å². The predicted molar refractivity (Wildman–Crippen MR) is 108 cm³/mol. The highest BCUT2D eigenvalue weighted by atomic mass is 32.2. The number of ether oxygens (including phenoxy) is 1.